The molecule has 1 saturated carbocycles. The molecular formula is C39H43F3N10O4. The van der Waals surface area contributed by atoms with E-state index in [2.05, 4.69) is 37.4 Å². The molecule has 17 heteroatoms. The van der Waals surface area contributed by atoms with Gasteiger partial charge in [-0.3, -0.25) is 33.5 Å². The Morgan fingerprint density at radius 1 is 1.00 bits per heavy atom. The summed E-state index contributed by atoms with van der Waals surface area (Å²) < 4.78 is 44.3. The predicted octanol–water partition coefficient (Wildman–Crippen LogP) is 5.06. The third kappa shape index (κ3) is 7.27. The lowest BCUT2D eigenvalue weighted by atomic mass is 9.85. The van der Waals surface area contributed by atoms with Crippen LogP contribution in [0, 0.1) is 5.92 Å². The number of piperidine rings is 2. The maximum Gasteiger partial charge on any atom is 0.433 e. The molecule has 1 aliphatic carbocycles. The second-order valence-electron chi connectivity index (χ2n) is 15.3. The Morgan fingerprint density at radius 2 is 1.75 bits per heavy atom. The highest BCUT2D eigenvalue weighted by atomic mass is 19.4. The van der Waals surface area contributed by atoms with Crippen molar-refractivity contribution in [2.24, 2.45) is 13.0 Å². The minimum absolute atomic E-state index is 0.199. The first kappa shape index (κ1) is 37.3. The number of imide groups is 1. The van der Waals surface area contributed by atoms with Gasteiger partial charge in [0.2, 0.25) is 11.8 Å². The molecule has 1 atom stereocenters. The fraction of sp³-hybridized carbons (Fsp3) is 0.462. The molecule has 0 spiro atoms. The fourth-order valence-electron chi connectivity index (χ4n) is 8.70. The zero-order valence-corrected chi connectivity index (χ0v) is 31.1. The van der Waals surface area contributed by atoms with E-state index in [4.69, 9.17) is 5.10 Å². The Kier molecular flexibility index (Phi) is 9.88. The Hall–Kier alpha value is -5.58. The summed E-state index contributed by atoms with van der Waals surface area (Å²) in [7, 11) is 3.95. The van der Waals surface area contributed by atoms with Gasteiger partial charge in [0, 0.05) is 50.7 Å². The molecule has 2 saturated heterocycles. The predicted molar refractivity (Wildman–Crippen MR) is 202 cm³/mol. The number of para-hydroxylation sites is 1. The smallest absolute Gasteiger partial charge is 0.370 e. The van der Waals surface area contributed by atoms with Crippen molar-refractivity contribution in [2.45, 2.75) is 75.7 Å². The third-order valence-electron chi connectivity index (χ3n) is 11.7. The molecule has 1 unspecified atom stereocenters. The van der Waals surface area contributed by atoms with Crippen LogP contribution in [0.4, 0.5) is 24.7 Å². The second kappa shape index (κ2) is 14.8. The van der Waals surface area contributed by atoms with Crippen LogP contribution in [-0.2, 0) is 22.8 Å². The zero-order chi connectivity index (χ0) is 39.3. The Bertz CT molecular complexity index is 2370. The average molecular weight is 773 g/mol. The average Bonchev–Trinajstić information content (AvgIpc) is 3.72. The van der Waals surface area contributed by atoms with E-state index in [1.165, 1.54) is 10.6 Å². The van der Waals surface area contributed by atoms with Crippen LogP contribution in [0.5, 0.6) is 0 Å². The van der Waals surface area contributed by atoms with Gasteiger partial charge in [0.1, 0.15) is 28.8 Å². The summed E-state index contributed by atoms with van der Waals surface area (Å²) in [6.07, 6.45) is 5.37. The van der Waals surface area contributed by atoms with E-state index in [-0.39, 0.29) is 35.6 Å². The van der Waals surface area contributed by atoms with E-state index in [1.807, 2.05) is 29.1 Å². The van der Waals surface area contributed by atoms with Gasteiger partial charge in [0.05, 0.1) is 29.0 Å². The second-order valence-corrected chi connectivity index (χ2v) is 15.3. The Labute approximate surface area is 319 Å². The quantitative estimate of drug-likeness (QED) is 0.206. The first-order chi connectivity index (χ1) is 26.8. The van der Waals surface area contributed by atoms with E-state index in [0.29, 0.717) is 29.4 Å². The standard InChI is InChI=1S/C39H43F3N10O4/c1-48(25-15-17-50(18-16-25)29-6-4-7-30-35(29)49(2)38(56)52(30)31-13-14-34(53)46-37(31)55)21-23-9-11-26(12-10-23)51-22-24-19-33(43-20-28(24)47-51)45-36(54)27-5-3-8-32(44-27)39(40,41)42/h3-8,19-20,22-23,25-26,31H,9-18,21H2,1-2H3,(H,45,54)(H,46,53,55). The van der Waals surface area contributed by atoms with Crippen molar-refractivity contribution in [3.05, 3.63) is 76.7 Å². The molecule has 3 amide bonds. The van der Waals surface area contributed by atoms with Gasteiger partial charge in [0.25, 0.3) is 5.91 Å². The highest BCUT2D eigenvalue weighted by Crippen LogP contribution is 2.35. The van der Waals surface area contributed by atoms with E-state index >= 15 is 0 Å². The number of amides is 3. The molecule has 0 bridgehead atoms. The van der Waals surface area contributed by atoms with Crippen molar-refractivity contribution in [3.63, 3.8) is 0 Å². The summed E-state index contributed by atoms with van der Waals surface area (Å²) in [5, 5.41) is 10.4. The van der Waals surface area contributed by atoms with Crippen LogP contribution in [0.15, 0.2) is 59.7 Å². The summed E-state index contributed by atoms with van der Waals surface area (Å²) in [6, 6.07) is 10.6. The number of imidazole rings is 1. The SMILES string of the molecule is CN(CC1CCC(n2cc3cc(NC(=O)c4cccc(C(F)(F)F)n4)ncc3n2)CC1)C1CCN(c2cccc3c2n(C)c(=O)n3C2CCC(=O)NC2=O)CC1. The topological polar surface area (TPSA) is 152 Å². The molecule has 1 aromatic carbocycles. The number of nitrogens with zero attached hydrogens (tertiary/aromatic N) is 8. The van der Waals surface area contributed by atoms with Crippen molar-refractivity contribution >= 4 is 51.2 Å². The molecule has 0 radical (unpaired) electrons. The molecule has 2 aliphatic heterocycles. The maximum atomic E-state index is 13.4. The molecule has 8 rings (SSSR count). The molecule has 3 aliphatic rings. The molecular weight excluding hydrogens is 729 g/mol. The van der Waals surface area contributed by atoms with Crippen LogP contribution in [-0.4, -0.2) is 84.2 Å². The summed E-state index contributed by atoms with van der Waals surface area (Å²) in [4.78, 5) is 63.1. The highest BCUT2D eigenvalue weighted by molar-refractivity contribution is 6.03. The number of aryl methyl sites for hydroxylation is 1. The number of aromatic nitrogens is 6. The van der Waals surface area contributed by atoms with Gasteiger partial charge in [-0.05, 0) is 88.2 Å². The Morgan fingerprint density at radius 3 is 2.48 bits per heavy atom. The lowest BCUT2D eigenvalue weighted by Crippen LogP contribution is -2.45. The number of hydrogen-bond acceptors (Lipinski definition) is 9. The third-order valence-corrected chi connectivity index (χ3v) is 11.7. The van der Waals surface area contributed by atoms with E-state index < -0.39 is 29.7 Å². The molecule has 3 fully saturated rings. The number of halogens is 3. The number of carbonyl (C=O) groups excluding carboxylic acids is 3. The molecule has 2 N–H and O–H groups in total. The lowest BCUT2D eigenvalue weighted by molar-refractivity contribution is -0.141. The van der Waals surface area contributed by atoms with Gasteiger partial charge < -0.3 is 15.1 Å². The Balaban J connectivity index is 0.846. The van der Waals surface area contributed by atoms with Crippen LogP contribution < -0.4 is 21.2 Å². The van der Waals surface area contributed by atoms with Crippen molar-refractivity contribution in [1.82, 2.24) is 39.1 Å². The summed E-state index contributed by atoms with van der Waals surface area (Å²) in [6.45, 7) is 2.69. The molecule has 6 heterocycles. The number of carbonyl (C=O) groups is 3. The van der Waals surface area contributed by atoms with E-state index in [1.54, 1.807) is 23.9 Å². The number of alkyl halides is 3. The minimum Gasteiger partial charge on any atom is -0.370 e. The number of fused-ring (bicyclic) bond motifs is 2. The van der Waals surface area contributed by atoms with Crippen LogP contribution >= 0.6 is 0 Å². The van der Waals surface area contributed by atoms with Gasteiger partial charge in [-0.15, -0.1) is 0 Å². The van der Waals surface area contributed by atoms with Gasteiger partial charge in [-0.1, -0.05) is 12.1 Å². The van der Waals surface area contributed by atoms with Crippen LogP contribution in [0.3, 0.4) is 0 Å². The number of nitrogens with one attached hydrogen (secondary N) is 2. The number of benzene rings is 1. The van der Waals surface area contributed by atoms with Crippen molar-refractivity contribution < 1.29 is 27.6 Å². The van der Waals surface area contributed by atoms with Gasteiger partial charge in [0.15, 0.2) is 0 Å². The zero-order valence-electron chi connectivity index (χ0n) is 31.1. The minimum atomic E-state index is -4.66. The normalized spacial score (nSPS) is 21.2. The molecule has 4 aromatic heterocycles. The number of anilines is 2. The van der Waals surface area contributed by atoms with Gasteiger partial charge in [-0.2, -0.15) is 18.3 Å². The molecule has 14 nitrogen and oxygen atoms in total. The summed E-state index contributed by atoms with van der Waals surface area (Å²) in [5.41, 5.74) is 1.38. The van der Waals surface area contributed by atoms with Crippen molar-refractivity contribution in [2.75, 3.05) is 36.9 Å². The first-order valence-electron chi connectivity index (χ1n) is 19.0. The van der Waals surface area contributed by atoms with Crippen molar-refractivity contribution in [3.8, 4) is 0 Å². The molecule has 56 heavy (non-hydrogen) atoms. The van der Waals surface area contributed by atoms with Gasteiger partial charge in [-0.25, -0.2) is 14.8 Å². The van der Waals surface area contributed by atoms with Crippen LogP contribution in [0.2, 0.25) is 0 Å². The van der Waals surface area contributed by atoms with Gasteiger partial charge >= 0.3 is 11.9 Å². The van der Waals surface area contributed by atoms with Crippen LogP contribution in [0.25, 0.3) is 21.9 Å². The summed E-state index contributed by atoms with van der Waals surface area (Å²) in [5.74, 6) is -0.778. The maximum absolute atomic E-state index is 13.4. The number of pyridine rings is 2. The van der Waals surface area contributed by atoms with E-state index in [9.17, 15) is 32.3 Å². The van der Waals surface area contributed by atoms with Crippen molar-refractivity contribution in [1.29, 1.82) is 0 Å². The molecule has 294 valence electrons. The first-order valence-corrected chi connectivity index (χ1v) is 19.0. The lowest BCUT2D eigenvalue weighted by Gasteiger charge is -2.40. The highest BCUT2D eigenvalue weighted by Gasteiger charge is 2.34. The largest absolute Gasteiger partial charge is 0.433 e. The van der Waals surface area contributed by atoms with Crippen LogP contribution in [0.1, 0.15) is 79.6 Å². The summed E-state index contributed by atoms with van der Waals surface area (Å²) >= 11 is 0. The fourth-order valence-corrected chi connectivity index (χ4v) is 8.70. The monoisotopic (exact) mass is 772 g/mol. The molecule has 5 aromatic rings. The number of rotatable bonds is 8. The van der Waals surface area contributed by atoms with E-state index in [0.717, 1.165) is 86.9 Å². The number of hydrogen-bond donors (Lipinski definition) is 2.